The first-order valence-electron chi connectivity index (χ1n) is 10.3. The maximum absolute atomic E-state index is 12.8. The molecule has 0 bridgehead atoms. The average Bonchev–Trinajstić information content (AvgIpc) is 3.28. The van der Waals surface area contributed by atoms with Crippen molar-refractivity contribution in [1.82, 2.24) is 10.3 Å². The molecule has 1 aliphatic rings. The van der Waals surface area contributed by atoms with E-state index < -0.39 is 0 Å². The summed E-state index contributed by atoms with van der Waals surface area (Å²) >= 11 is 1.48. The number of nitrogens with zero attached hydrogens (tertiary/aromatic N) is 2. The number of aromatic hydroxyl groups is 1. The number of hydrogen-bond donors (Lipinski definition) is 3. The van der Waals surface area contributed by atoms with Crippen molar-refractivity contribution in [2.45, 2.75) is 6.54 Å². The summed E-state index contributed by atoms with van der Waals surface area (Å²) in [5, 5.41) is 16.1. The summed E-state index contributed by atoms with van der Waals surface area (Å²) in [5.74, 6) is -0.244. The number of para-hydroxylation sites is 1. The fraction of sp³-hybridized carbons (Fsp3) is 0.0800. The highest BCUT2D eigenvalue weighted by Gasteiger charge is 2.23. The molecule has 2 heterocycles. The van der Waals surface area contributed by atoms with E-state index in [0.717, 1.165) is 26.8 Å². The number of phenolic OH excluding ortho intramolecular Hbond substituents is 1. The van der Waals surface area contributed by atoms with E-state index in [2.05, 4.69) is 15.6 Å². The Morgan fingerprint density at radius 1 is 1.09 bits per heavy atom. The number of carbonyl (C=O) groups excluding carboxylic acids is 2. The molecule has 0 saturated carbocycles. The summed E-state index contributed by atoms with van der Waals surface area (Å²) in [7, 11) is 1.90. The highest BCUT2D eigenvalue weighted by molar-refractivity contribution is 7.15. The number of hydrogen-bond acceptors (Lipinski definition) is 6. The van der Waals surface area contributed by atoms with Crippen LogP contribution in [-0.4, -0.2) is 29.0 Å². The lowest BCUT2D eigenvalue weighted by Crippen LogP contribution is -2.22. The minimum atomic E-state index is -0.240. The largest absolute Gasteiger partial charge is 0.508 e. The maximum atomic E-state index is 12.8. The van der Waals surface area contributed by atoms with Crippen molar-refractivity contribution in [3.8, 4) is 16.3 Å². The third kappa shape index (κ3) is 4.04. The van der Waals surface area contributed by atoms with Crippen LogP contribution in [0.4, 0.5) is 17.1 Å². The highest BCUT2D eigenvalue weighted by Crippen LogP contribution is 2.37. The number of aromatic nitrogens is 1. The SMILES string of the molecule is CN1c2ccc(C(=O)NCc3cnc(-c4ccc(O)cc4)s3)cc2NC(=O)c2ccccc21. The highest BCUT2D eigenvalue weighted by atomic mass is 32.1. The fourth-order valence-electron chi connectivity index (χ4n) is 3.74. The normalized spacial score (nSPS) is 12.4. The van der Waals surface area contributed by atoms with Crippen LogP contribution in [0.1, 0.15) is 25.6 Å². The third-order valence-electron chi connectivity index (χ3n) is 5.47. The Morgan fingerprint density at radius 2 is 1.88 bits per heavy atom. The van der Waals surface area contributed by atoms with Crippen molar-refractivity contribution < 1.29 is 14.7 Å². The van der Waals surface area contributed by atoms with Gasteiger partial charge in [0.15, 0.2) is 0 Å². The van der Waals surface area contributed by atoms with E-state index in [9.17, 15) is 14.7 Å². The molecule has 2 amide bonds. The van der Waals surface area contributed by atoms with Crippen LogP contribution < -0.4 is 15.5 Å². The number of anilines is 3. The van der Waals surface area contributed by atoms with Crippen LogP contribution in [-0.2, 0) is 6.54 Å². The lowest BCUT2D eigenvalue weighted by Gasteiger charge is -2.21. The second kappa shape index (κ2) is 8.40. The smallest absolute Gasteiger partial charge is 0.257 e. The van der Waals surface area contributed by atoms with E-state index in [1.54, 1.807) is 48.7 Å². The topological polar surface area (TPSA) is 94.6 Å². The predicted molar refractivity (Wildman–Crippen MR) is 129 cm³/mol. The van der Waals surface area contributed by atoms with Gasteiger partial charge in [-0.2, -0.15) is 0 Å². The molecule has 4 aromatic rings. The molecule has 8 heteroatoms. The summed E-state index contributed by atoms with van der Waals surface area (Å²) in [4.78, 5) is 32.7. The van der Waals surface area contributed by atoms with Crippen molar-refractivity contribution >= 4 is 40.2 Å². The molecule has 0 radical (unpaired) electrons. The van der Waals surface area contributed by atoms with Crippen LogP contribution in [0.3, 0.4) is 0 Å². The van der Waals surface area contributed by atoms with Gasteiger partial charge >= 0.3 is 0 Å². The van der Waals surface area contributed by atoms with Gasteiger partial charge in [0.25, 0.3) is 11.8 Å². The van der Waals surface area contributed by atoms with Crippen molar-refractivity contribution in [2.24, 2.45) is 0 Å². The Bertz CT molecular complexity index is 1360. The van der Waals surface area contributed by atoms with E-state index in [1.165, 1.54) is 11.3 Å². The molecular weight excluding hydrogens is 436 g/mol. The Hall–Kier alpha value is -4.17. The minimum Gasteiger partial charge on any atom is -0.508 e. The van der Waals surface area contributed by atoms with Gasteiger partial charge in [0.1, 0.15) is 10.8 Å². The molecule has 0 fully saturated rings. The number of carbonyl (C=O) groups is 2. The molecule has 1 aliphatic heterocycles. The van der Waals surface area contributed by atoms with Crippen LogP contribution in [0.5, 0.6) is 5.75 Å². The molecule has 0 saturated heterocycles. The van der Waals surface area contributed by atoms with Crippen LogP contribution in [0.15, 0.2) is 72.9 Å². The second-order valence-corrected chi connectivity index (χ2v) is 8.74. The number of fused-ring (bicyclic) bond motifs is 2. The summed E-state index contributed by atoms with van der Waals surface area (Å²) in [5.41, 5.74) is 4.14. The minimum absolute atomic E-state index is 0.204. The number of benzene rings is 3. The summed E-state index contributed by atoms with van der Waals surface area (Å²) in [6.45, 7) is 0.337. The van der Waals surface area contributed by atoms with E-state index in [1.807, 2.05) is 36.2 Å². The number of nitrogens with one attached hydrogen (secondary N) is 2. The van der Waals surface area contributed by atoms with Gasteiger partial charge in [-0.05, 0) is 54.6 Å². The van der Waals surface area contributed by atoms with Gasteiger partial charge < -0.3 is 20.6 Å². The Morgan fingerprint density at radius 3 is 2.70 bits per heavy atom. The zero-order valence-corrected chi connectivity index (χ0v) is 18.5. The lowest BCUT2D eigenvalue weighted by molar-refractivity contribution is 0.0950. The first-order valence-corrected chi connectivity index (χ1v) is 11.1. The number of phenols is 1. The van der Waals surface area contributed by atoms with Gasteiger partial charge in [-0.3, -0.25) is 9.59 Å². The monoisotopic (exact) mass is 456 g/mol. The predicted octanol–water partition coefficient (Wildman–Crippen LogP) is 4.78. The van der Waals surface area contributed by atoms with E-state index in [-0.39, 0.29) is 17.6 Å². The van der Waals surface area contributed by atoms with Crippen LogP contribution in [0.25, 0.3) is 10.6 Å². The quantitative estimate of drug-likeness (QED) is 0.411. The Balaban J connectivity index is 1.31. The molecule has 7 nitrogen and oxygen atoms in total. The zero-order valence-electron chi connectivity index (χ0n) is 17.7. The number of thiazole rings is 1. The maximum Gasteiger partial charge on any atom is 0.257 e. The standard InChI is InChI=1S/C25H20N4O3S/c1-29-21-5-3-2-4-19(21)24(32)28-20-12-16(8-11-22(20)29)23(31)26-13-18-14-27-25(33-18)15-6-9-17(30)10-7-15/h2-12,14,30H,13H2,1H3,(H,26,31)(H,28,32). The molecule has 0 unspecified atom stereocenters. The van der Waals surface area contributed by atoms with Gasteiger partial charge in [-0.1, -0.05) is 12.1 Å². The molecule has 164 valence electrons. The molecule has 1 aromatic heterocycles. The Kier molecular flexibility index (Phi) is 5.27. The molecular formula is C25H20N4O3S. The fourth-order valence-corrected chi connectivity index (χ4v) is 4.60. The summed E-state index contributed by atoms with van der Waals surface area (Å²) < 4.78 is 0. The molecule has 0 spiro atoms. The molecule has 0 aliphatic carbocycles. The van der Waals surface area contributed by atoms with Crippen molar-refractivity contribution in [3.05, 3.63) is 88.9 Å². The van der Waals surface area contributed by atoms with Crippen molar-refractivity contribution in [2.75, 3.05) is 17.3 Å². The molecule has 0 atom stereocenters. The lowest BCUT2D eigenvalue weighted by atomic mass is 10.1. The van der Waals surface area contributed by atoms with E-state index >= 15 is 0 Å². The second-order valence-electron chi connectivity index (χ2n) is 7.62. The van der Waals surface area contributed by atoms with Crippen molar-refractivity contribution in [1.29, 1.82) is 0 Å². The first-order chi connectivity index (χ1) is 16.0. The molecule has 33 heavy (non-hydrogen) atoms. The van der Waals surface area contributed by atoms with Crippen LogP contribution >= 0.6 is 11.3 Å². The third-order valence-corrected chi connectivity index (χ3v) is 6.52. The van der Waals surface area contributed by atoms with Crippen LogP contribution in [0, 0.1) is 0 Å². The van der Waals surface area contributed by atoms with E-state index in [4.69, 9.17) is 0 Å². The molecule has 5 rings (SSSR count). The van der Waals surface area contributed by atoms with Gasteiger partial charge in [-0.15, -0.1) is 11.3 Å². The zero-order chi connectivity index (χ0) is 22.9. The Labute approximate surface area is 194 Å². The van der Waals surface area contributed by atoms with Gasteiger partial charge in [-0.25, -0.2) is 4.98 Å². The number of amides is 2. The summed E-state index contributed by atoms with van der Waals surface area (Å²) in [6, 6.07) is 19.5. The van der Waals surface area contributed by atoms with E-state index in [0.29, 0.717) is 23.4 Å². The van der Waals surface area contributed by atoms with Gasteiger partial charge in [0.05, 0.1) is 29.2 Å². The van der Waals surface area contributed by atoms with Gasteiger partial charge in [0, 0.05) is 29.2 Å². The summed E-state index contributed by atoms with van der Waals surface area (Å²) in [6.07, 6.45) is 1.73. The van der Waals surface area contributed by atoms with Crippen LogP contribution in [0.2, 0.25) is 0 Å². The molecule has 3 N–H and O–H groups in total. The molecule has 3 aromatic carbocycles. The van der Waals surface area contributed by atoms with Gasteiger partial charge in [0.2, 0.25) is 0 Å². The van der Waals surface area contributed by atoms with Crippen molar-refractivity contribution in [3.63, 3.8) is 0 Å². The first kappa shape index (κ1) is 20.7. The average molecular weight is 457 g/mol. The number of rotatable bonds is 4.